The standard InChI is InChI=1S/C26H38N8O2/c1-15(2)33-6-8-34(9-7-33)26-18(5)12-20(14-29-26)30-25-21(23(27)36)24(31-32-25)28-13-19-10-16(3)22(35)17(4)11-19/h10-12,15,29,35H,6-9,13-14H2,1-5H3,(H2,27,36)(H3,28,30,31,32). The van der Waals surface area contributed by atoms with Gasteiger partial charge in [-0.1, -0.05) is 12.1 Å². The second-order valence-corrected chi connectivity index (χ2v) is 9.91. The van der Waals surface area contributed by atoms with E-state index in [0.29, 0.717) is 36.5 Å². The van der Waals surface area contributed by atoms with Crippen LogP contribution in [0.1, 0.15) is 47.8 Å². The van der Waals surface area contributed by atoms with Crippen LogP contribution >= 0.6 is 0 Å². The Morgan fingerprint density at radius 1 is 1.17 bits per heavy atom. The molecule has 0 saturated carbocycles. The van der Waals surface area contributed by atoms with Crippen molar-refractivity contribution in [2.75, 3.05) is 43.4 Å². The number of anilines is 2. The molecule has 0 bridgehead atoms. The number of aryl methyl sites for hydroxylation is 2. The molecule has 194 valence electrons. The molecule has 2 aliphatic rings. The Morgan fingerprint density at radius 2 is 1.83 bits per heavy atom. The summed E-state index contributed by atoms with van der Waals surface area (Å²) >= 11 is 0. The number of H-pyrrole nitrogens is 1. The van der Waals surface area contributed by atoms with E-state index in [0.717, 1.165) is 60.0 Å². The number of benzene rings is 1. The Balaban J connectivity index is 1.45. The number of rotatable bonds is 8. The fourth-order valence-corrected chi connectivity index (χ4v) is 4.90. The van der Waals surface area contributed by atoms with Crippen LogP contribution in [0.5, 0.6) is 5.75 Å². The number of aromatic nitrogens is 2. The number of allylic oxidation sites excluding steroid dienone is 2. The number of hydrogen-bond acceptors (Lipinski definition) is 8. The largest absolute Gasteiger partial charge is 0.507 e. The maximum Gasteiger partial charge on any atom is 0.256 e. The fraction of sp³-hybridized carbons (Fsp3) is 0.462. The molecule has 36 heavy (non-hydrogen) atoms. The molecule has 7 N–H and O–H groups in total. The summed E-state index contributed by atoms with van der Waals surface area (Å²) in [6.07, 6.45) is 2.10. The van der Waals surface area contributed by atoms with Gasteiger partial charge >= 0.3 is 0 Å². The van der Waals surface area contributed by atoms with Gasteiger partial charge < -0.3 is 31.7 Å². The number of amides is 1. The predicted octanol–water partition coefficient (Wildman–Crippen LogP) is 2.60. The minimum Gasteiger partial charge on any atom is -0.507 e. The number of dihydropyridines is 1. The summed E-state index contributed by atoms with van der Waals surface area (Å²) in [5, 5.41) is 27.2. The molecule has 1 aromatic heterocycles. The van der Waals surface area contributed by atoms with Crippen LogP contribution in [-0.2, 0) is 6.54 Å². The van der Waals surface area contributed by atoms with Crippen LogP contribution in [0.2, 0.25) is 0 Å². The first-order valence-electron chi connectivity index (χ1n) is 12.5. The highest BCUT2D eigenvalue weighted by Crippen LogP contribution is 2.26. The van der Waals surface area contributed by atoms with Gasteiger partial charge in [-0.05, 0) is 63.0 Å². The number of carbonyl (C=O) groups is 1. The van der Waals surface area contributed by atoms with Crippen molar-refractivity contribution in [2.24, 2.45) is 5.73 Å². The van der Waals surface area contributed by atoms with E-state index in [1.54, 1.807) is 0 Å². The highest BCUT2D eigenvalue weighted by atomic mass is 16.3. The van der Waals surface area contributed by atoms with E-state index in [2.05, 4.69) is 62.8 Å². The summed E-state index contributed by atoms with van der Waals surface area (Å²) < 4.78 is 0. The quantitative estimate of drug-likeness (QED) is 0.330. The lowest BCUT2D eigenvalue weighted by atomic mass is 10.1. The van der Waals surface area contributed by atoms with Crippen molar-refractivity contribution in [1.82, 2.24) is 25.3 Å². The summed E-state index contributed by atoms with van der Waals surface area (Å²) in [6, 6.07) is 4.37. The Bertz CT molecular complexity index is 1170. The van der Waals surface area contributed by atoms with Gasteiger partial charge in [0.15, 0.2) is 5.82 Å². The molecule has 1 aromatic carbocycles. The molecule has 2 aromatic rings. The minimum absolute atomic E-state index is 0.278. The zero-order chi connectivity index (χ0) is 26.0. The normalized spacial score (nSPS) is 16.7. The molecule has 10 heteroatoms. The zero-order valence-corrected chi connectivity index (χ0v) is 21.8. The van der Waals surface area contributed by atoms with Gasteiger partial charge in [0, 0.05) is 44.5 Å². The molecule has 0 unspecified atom stereocenters. The third kappa shape index (κ3) is 5.43. The van der Waals surface area contributed by atoms with Crippen molar-refractivity contribution in [3.63, 3.8) is 0 Å². The third-order valence-electron chi connectivity index (χ3n) is 6.88. The highest BCUT2D eigenvalue weighted by Gasteiger charge is 2.24. The number of hydrogen-bond donors (Lipinski definition) is 6. The van der Waals surface area contributed by atoms with Crippen LogP contribution in [0.4, 0.5) is 11.6 Å². The lowest BCUT2D eigenvalue weighted by molar-refractivity contribution is 0.100. The molecule has 1 amide bonds. The smallest absolute Gasteiger partial charge is 0.256 e. The Morgan fingerprint density at radius 3 is 2.42 bits per heavy atom. The molecule has 4 rings (SSSR count). The molecular formula is C26H38N8O2. The van der Waals surface area contributed by atoms with Crippen LogP contribution in [0.3, 0.4) is 0 Å². The molecule has 0 aliphatic carbocycles. The van der Waals surface area contributed by atoms with E-state index in [-0.39, 0.29) is 5.56 Å². The number of phenolic OH excluding ortho intramolecular Hbond substituents is 1. The van der Waals surface area contributed by atoms with Crippen LogP contribution in [-0.4, -0.2) is 69.8 Å². The summed E-state index contributed by atoms with van der Waals surface area (Å²) in [6.45, 7) is 15.4. The van der Waals surface area contributed by atoms with Crippen molar-refractivity contribution in [3.8, 4) is 5.75 Å². The molecule has 0 atom stereocenters. The minimum atomic E-state index is -0.577. The van der Waals surface area contributed by atoms with Crippen LogP contribution < -0.4 is 21.7 Å². The van der Waals surface area contributed by atoms with Crippen molar-refractivity contribution < 1.29 is 9.90 Å². The number of carbonyl (C=O) groups excluding carboxylic acids is 1. The summed E-state index contributed by atoms with van der Waals surface area (Å²) in [7, 11) is 0. The van der Waals surface area contributed by atoms with Gasteiger partial charge in [0.05, 0.1) is 6.54 Å². The number of aromatic hydroxyl groups is 1. The first-order chi connectivity index (χ1) is 17.1. The number of nitrogens with one attached hydrogen (secondary N) is 4. The SMILES string of the molecule is CC1=C(N2CCN(C(C)C)CC2)NCC(Nc2[nH]nc(NCc3cc(C)c(O)c(C)c3)c2C(N)=O)=C1. The predicted molar refractivity (Wildman–Crippen MR) is 143 cm³/mol. The first-order valence-corrected chi connectivity index (χ1v) is 12.5. The van der Waals surface area contributed by atoms with Crippen LogP contribution in [0.15, 0.2) is 35.3 Å². The second-order valence-electron chi connectivity index (χ2n) is 9.91. The maximum atomic E-state index is 12.3. The number of nitrogens with two attached hydrogens (primary N) is 1. The Labute approximate surface area is 212 Å². The summed E-state index contributed by atoms with van der Waals surface area (Å²) in [5.41, 5.74) is 10.6. The highest BCUT2D eigenvalue weighted by molar-refractivity contribution is 6.02. The van der Waals surface area contributed by atoms with E-state index in [1.807, 2.05) is 26.0 Å². The van der Waals surface area contributed by atoms with Gasteiger partial charge in [-0.3, -0.25) is 14.8 Å². The summed E-state index contributed by atoms with van der Waals surface area (Å²) in [5.74, 6) is 1.71. The van der Waals surface area contributed by atoms with E-state index in [9.17, 15) is 9.90 Å². The average molecular weight is 495 g/mol. The van der Waals surface area contributed by atoms with Crippen molar-refractivity contribution >= 4 is 17.5 Å². The Hall–Kier alpha value is -3.66. The van der Waals surface area contributed by atoms with E-state index in [4.69, 9.17) is 5.73 Å². The molecule has 1 fully saturated rings. The van der Waals surface area contributed by atoms with Crippen molar-refractivity contribution in [1.29, 1.82) is 0 Å². The lowest BCUT2D eigenvalue weighted by Crippen LogP contribution is -2.50. The van der Waals surface area contributed by atoms with Crippen molar-refractivity contribution in [2.45, 2.75) is 47.2 Å². The van der Waals surface area contributed by atoms with Gasteiger partial charge in [0.2, 0.25) is 0 Å². The van der Waals surface area contributed by atoms with E-state index >= 15 is 0 Å². The molecule has 2 aliphatic heterocycles. The number of primary amides is 1. The molecule has 3 heterocycles. The first kappa shape index (κ1) is 25.4. The average Bonchev–Trinajstić information content (AvgIpc) is 3.24. The summed E-state index contributed by atoms with van der Waals surface area (Å²) in [4.78, 5) is 17.2. The third-order valence-corrected chi connectivity index (χ3v) is 6.88. The monoisotopic (exact) mass is 494 g/mol. The topological polar surface area (TPSA) is 135 Å². The number of aromatic amines is 1. The fourth-order valence-electron chi connectivity index (χ4n) is 4.90. The van der Waals surface area contributed by atoms with Crippen molar-refractivity contribution in [3.05, 3.63) is 57.6 Å². The van der Waals surface area contributed by atoms with E-state index < -0.39 is 5.91 Å². The van der Waals surface area contributed by atoms with Crippen LogP contribution in [0.25, 0.3) is 0 Å². The molecule has 10 nitrogen and oxygen atoms in total. The van der Waals surface area contributed by atoms with Crippen LogP contribution in [0, 0.1) is 13.8 Å². The van der Waals surface area contributed by atoms with Gasteiger partial charge in [0.25, 0.3) is 5.91 Å². The molecule has 0 radical (unpaired) electrons. The van der Waals surface area contributed by atoms with Gasteiger partial charge in [-0.15, -0.1) is 0 Å². The number of phenols is 1. The maximum absolute atomic E-state index is 12.3. The second kappa shape index (κ2) is 10.5. The number of nitrogens with zero attached hydrogens (tertiary/aromatic N) is 3. The molecular weight excluding hydrogens is 456 g/mol. The molecule has 0 spiro atoms. The number of piperazine rings is 1. The van der Waals surface area contributed by atoms with E-state index in [1.165, 1.54) is 0 Å². The van der Waals surface area contributed by atoms with Gasteiger partial charge in [-0.25, -0.2) is 0 Å². The zero-order valence-electron chi connectivity index (χ0n) is 21.8. The lowest BCUT2D eigenvalue weighted by Gasteiger charge is -2.40. The Kier molecular flexibility index (Phi) is 7.44. The molecule has 1 saturated heterocycles. The van der Waals surface area contributed by atoms with Gasteiger partial charge in [-0.2, -0.15) is 5.10 Å². The van der Waals surface area contributed by atoms with Gasteiger partial charge in [0.1, 0.15) is 23.0 Å².